The molecule has 1 heterocycles. The van der Waals surface area contributed by atoms with Crippen molar-refractivity contribution >= 4 is 28.2 Å². The van der Waals surface area contributed by atoms with Gasteiger partial charge in [-0.2, -0.15) is 0 Å². The van der Waals surface area contributed by atoms with Gasteiger partial charge in [0, 0.05) is 44.6 Å². The molecular weight excluding hydrogens is 871 g/mol. The molecule has 69 heavy (non-hydrogen) atoms. The first-order valence-corrected chi connectivity index (χ1v) is 24.9. The van der Waals surface area contributed by atoms with Gasteiger partial charge in [-0.05, 0) is 165 Å². The number of guanidine groups is 1. The van der Waals surface area contributed by atoms with Crippen molar-refractivity contribution < 1.29 is 39.4 Å². The van der Waals surface area contributed by atoms with E-state index in [0.29, 0.717) is 81.2 Å². The summed E-state index contributed by atoms with van der Waals surface area (Å²) in [4.78, 5) is 19.2. The Morgan fingerprint density at radius 1 is 0.928 bits per heavy atom. The molecule has 1 aliphatic heterocycles. The number of nitrogens with one attached hydrogen (secondary N) is 4. The van der Waals surface area contributed by atoms with Crippen molar-refractivity contribution in [2.75, 3.05) is 52.9 Å². The highest BCUT2D eigenvalue weighted by atomic mass is 16.5. The van der Waals surface area contributed by atoms with Gasteiger partial charge in [-0.1, -0.05) is 61.6 Å². The summed E-state index contributed by atoms with van der Waals surface area (Å²) in [6.07, 6.45) is 15.5. The average molecular weight is 942 g/mol. The van der Waals surface area contributed by atoms with E-state index in [0.717, 1.165) is 98.1 Å². The van der Waals surface area contributed by atoms with E-state index in [1.165, 1.54) is 7.11 Å². The summed E-state index contributed by atoms with van der Waals surface area (Å²) < 4.78 is 18.5. The molecule has 0 amide bonds. The number of hydrogen-bond donors (Lipinski definition) is 8. The van der Waals surface area contributed by atoms with Crippen molar-refractivity contribution in [1.29, 1.82) is 0 Å². The van der Waals surface area contributed by atoms with Gasteiger partial charge in [0.15, 0.2) is 28.8 Å². The van der Waals surface area contributed by atoms with E-state index < -0.39 is 17.1 Å². The standard InChI is InChI=1S/C56H71N5O8/c1-57-36-55(24-18-38(33-55)19-26-68-37-59-35-46(63)28-39-12-14-42-30-45(62)16-15-41(42)27-39)69-50-32-44-31-47(52(50)66)61-53(58-2)60-25-8-10-43-9-6-23-56(43,34-40-13-17-48(64)49(29-40)67-3)51(65)11-7-22-54(44)20-4-5-21-54/h7,11-17,27,29-32,38,43,46,57,59,62-64,66H,4-6,9-10,18-24,26,28,33-37H2,1-3H3,(H2,58,60,61). The van der Waals surface area contributed by atoms with Crippen LogP contribution in [0.4, 0.5) is 5.69 Å². The van der Waals surface area contributed by atoms with E-state index in [9.17, 15) is 25.2 Å². The van der Waals surface area contributed by atoms with E-state index in [-0.39, 0.29) is 34.4 Å². The predicted molar refractivity (Wildman–Crippen MR) is 271 cm³/mol. The summed E-state index contributed by atoms with van der Waals surface area (Å²) in [5.74, 6) is 5.32. The number of methoxy groups -OCH3 is 1. The Morgan fingerprint density at radius 3 is 2.55 bits per heavy atom. The normalized spacial score (nSPS) is 24.4. The highest BCUT2D eigenvalue weighted by molar-refractivity contribution is 5.97. The molecule has 1 spiro atoms. The number of nitrogens with zero attached hydrogens (tertiary/aromatic N) is 1. The van der Waals surface area contributed by atoms with Crippen LogP contribution in [0, 0.1) is 29.2 Å². The van der Waals surface area contributed by atoms with Crippen LogP contribution in [0.3, 0.4) is 0 Å². The minimum Gasteiger partial charge on any atom is -0.508 e. The van der Waals surface area contributed by atoms with Gasteiger partial charge in [0.25, 0.3) is 0 Å². The largest absolute Gasteiger partial charge is 0.508 e. The van der Waals surface area contributed by atoms with Crippen LogP contribution in [-0.4, -0.2) is 91.5 Å². The lowest BCUT2D eigenvalue weighted by Crippen LogP contribution is -2.43. The van der Waals surface area contributed by atoms with E-state index in [1.807, 2.05) is 61.7 Å². The van der Waals surface area contributed by atoms with Crippen LogP contribution < -0.4 is 30.7 Å². The number of phenolic OH excluding ortho intramolecular Hbond substituents is 3. The Kier molecular flexibility index (Phi) is 16.1. The number of carbonyl (C=O) groups excluding carboxylic acids is 1. The number of anilines is 1. The highest BCUT2D eigenvalue weighted by Gasteiger charge is 2.48. The number of carbonyl (C=O) groups is 1. The van der Waals surface area contributed by atoms with E-state index in [4.69, 9.17) is 14.2 Å². The first-order valence-electron chi connectivity index (χ1n) is 24.9. The summed E-state index contributed by atoms with van der Waals surface area (Å²) >= 11 is 0. The zero-order valence-electron chi connectivity index (χ0n) is 40.5. The number of benzene rings is 4. The van der Waals surface area contributed by atoms with Crippen LogP contribution >= 0.6 is 0 Å². The molecule has 13 nitrogen and oxygen atoms in total. The Balaban J connectivity index is 0.955. The molecule has 13 heteroatoms. The predicted octanol–water partition coefficient (Wildman–Crippen LogP) is 8.37. The highest BCUT2D eigenvalue weighted by Crippen LogP contribution is 2.52. The first kappa shape index (κ1) is 49.6. The average Bonchev–Trinajstić information content (AvgIpc) is 4.10. The third kappa shape index (κ3) is 11.6. The molecule has 4 aliphatic rings. The fourth-order valence-corrected chi connectivity index (χ4v) is 11.8. The molecule has 2 bridgehead atoms. The van der Waals surface area contributed by atoms with Crippen LogP contribution in [-0.2, 0) is 27.8 Å². The summed E-state index contributed by atoms with van der Waals surface area (Å²) in [6.45, 7) is 1.90. The summed E-state index contributed by atoms with van der Waals surface area (Å²) in [6, 6.07) is 23.8. The molecular formula is C56H71N5O8. The molecule has 368 valence electrons. The second-order valence-corrected chi connectivity index (χ2v) is 20.0. The Labute approximate surface area is 407 Å². The van der Waals surface area contributed by atoms with Crippen LogP contribution in [0.5, 0.6) is 28.7 Å². The molecule has 5 unspecified atom stereocenters. The number of fused-ring (bicyclic) bond motifs is 5. The Bertz CT molecular complexity index is 2560. The number of aromatic hydroxyl groups is 3. The lowest BCUT2D eigenvalue weighted by molar-refractivity contribution is -0.125. The van der Waals surface area contributed by atoms with Gasteiger partial charge in [0.05, 0.1) is 25.6 Å². The number of likely N-dealkylation sites (N-methyl/N-ethyl adjacent to an activating group) is 1. The van der Waals surface area contributed by atoms with Crippen molar-refractivity contribution in [3.05, 3.63) is 95.6 Å². The molecule has 3 saturated carbocycles. The molecule has 3 fully saturated rings. The van der Waals surface area contributed by atoms with Gasteiger partial charge in [0.1, 0.15) is 11.4 Å². The van der Waals surface area contributed by atoms with Crippen molar-refractivity contribution in [2.45, 2.75) is 113 Å². The third-order valence-corrected chi connectivity index (χ3v) is 15.4. The molecule has 8 N–H and O–H groups in total. The summed E-state index contributed by atoms with van der Waals surface area (Å²) in [5, 5.41) is 58.0. The Hall–Kier alpha value is -5.78. The van der Waals surface area contributed by atoms with Gasteiger partial charge in [0.2, 0.25) is 5.96 Å². The molecule has 5 atom stereocenters. The third-order valence-electron chi connectivity index (χ3n) is 15.4. The minimum absolute atomic E-state index is 0.00710. The molecule has 8 rings (SSSR count). The number of ether oxygens (including phenoxy) is 3. The van der Waals surface area contributed by atoms with Crippen LogP contribution in [0.15, 0.2) is 83.9 Å². The quantitative estimate of drug-likeness (QED) is 0.0233. The van der Waals surface area contributed by atoms with Gasteiger partial charge in [-0.25, -0.2) is 0 Å². The number of ketones is 1. The molecule has 0 aromatic heterocycles. The smallest absolute Gasteiger partial charge is 0.207 e. The van der Waals surface area contributed by atoms with Crippen molar-refractivity contribution in [1.82, 2.24) is 16.0 Å². The van der Waals surface area contributed by atoms with Crippen molar-refractivity contribution in [2.24, 2.45) is 22.2 Å². The number of hydrogen-bond acceptors (Lipinski definition) is 11. The molecule has 0 radical (unpaired) electrons. The van der Waals surface area contributed by atoms with E-state index in [2.05, 4.69) is 44.3 Å². The number of aliphatic hydroxyl groups excluding tert-OH is 1. The van der Waals surface area contributed by atoms with Crippen molar-refractivity contribution in [3.8, 4) is 40.7 Å². The topological polar surface area (TPSA) is 186 Å². The zero-order valence-corrected chi connectivity index (χ0v) is 40.5. The zero-order chi connectivity index (χ0) is 48.4. The molecule has 4 aromatic rings. The minimum atomic E-state index is -0.652. The summed E-state index contributed by atoms with van der Waals surface area (Å²) in [7, 11) is 5.15. The lowest BCUT2D eigenvalue weighted by atomic mass is 9.68. The molecule has 4 aromatic carbocycles. The molecule has 3 aliphatic carbocycles. The monoisotopic (exact) mass is 942 g/mol. The second-order valence-electron chi connectivity index (χ2n) is 20.0. The maximum Gasteiger partial charge on any atom is 0.207 e. The van der Waals surface area contributed by atoms with E-state index in [1.54, 1.807) is 25.2 Å². The van der Waals surface area contributed by atoms with Crippen LogP contribution in [0.2, 0.25) is 0 Å². The van der Waals surface area contributed by atoms with E-state index >= 15 is 0 Å². The second kappa shape index (κ2) is 22.3. The summed E-state index contributed by atoms with van der Waals surface area (Å²) in [5.41, 5.74) is 2.00. The lowest BCUT2D eigenvalue weighted by Gasteiger charge is -2.34. The van der Waals surface area contributed by atoms with Gasteiger partial charge in [-0.3, -0.25) is 20.4 Å². The molecule has 0 saturated heterocycles. The maximum absolute atomic E-state index is 14.7. The maximum atomic E-state index is 14.7. The SMILES string of the molecule is CN=C1NC#CCC2CCCC2(Cc2ccc(O)c(OC)c2)C(=O)C=CCC2(CCCC2)c2cc(c(O)c(OC3(CNC)CCC(CCOCNCC(O)Cc4ccc5cc(O)ccc5c4)C3)c2)N1. The Morgan fingerprint density at radius 2 is 1.74 bits per heavy atom. The number of allylic oxidation sites excluding steroid dienone is 2. The number of aliphatic hydroxyl groups is 1. The number of phenols is 3. The van der Waals surface area contributed by atoms with Gasteiger partial charge < -0.3 is 45.3 Å². The van der Waals surface area contributed by atoms with Gasteiger partial charge in [-0.15, -0.1) is 0 Å². The number of rotatable bonds is 16. The van der Waals surface area contributed by atoms with Crippen molar-refractivity contribution in [3.63, 3.8) is 0 Å². The number of aliphatic imine (C=N–C) groups is 1. The first-order chi connectivity index (χ1) is 33.5. The fourth-order valence-electron chi connectivity index (χ4n) is 11.8. The van der Waals surface area contributed by atoms with Crippen LogP contribution in [0.25, 0.3) is 10.8 Å². The van der Waals surface area contributed by atoms with Gasteiger partial charge >= 0.3 is 0 Å². The van der Waals surface area contributed by atoms with Crippen LogP contribution in [0.1, 0.15) is 100 Å². The fraction of sp³-hybridized carbons (Fsp3) is 0.500.